The van der Waals surface area contributed by atoms with Gasteiger partial charge in [0.15, 0.2) is 0 Å². The van der Waals surface area contributed by atoms with Crippen molar-refractivity contribution in [3.63, 3.8) is 0 Å². The maximum Gasteiger partial charge on any atom is 0.324 e. The fourth-order valence-corrected chi connectivity index (χ4v) is 4.13. The standard InChI is InChI=1S/C16H31N3O2/c1-12(2)17-16(3,15(20)21)11-19-9-7-14-13(10-19)6-5-8-18(14)4/h12-14,17H,5-11H2,1-4H3,(H,20,21). The molecule has 2 N–H and O–H groups in total. The average molecular weight is 297 g/mol. The van der Waals surface area contributed by atoms with Crippen LogP contribution in [0.1, 0.15) is 40.0 Å². The van der Waals surface area contributed by atoms with Gasteiger partial charge in [-0.15, -0.1) is 0 Å². The molecule has 0 amide bonds. The van der Waals surface area contributed by atoms with Crippen LogP contribution in [0.3, 0.4) is 0 Å². The highest BCUT2D eigenvalue weighted by atomic mass is 16.4. The summed E-state index contributed by atoms with van der Waals surface area (Å²) in [6.07, 6.45) is 3.72. The molecule has 0 bridgehead atoms. The molecule has 2 fully saturated rings. The highest BCUT2D eigenvalue weighted by molar-refractivity contribution is 5.78. The van der Waals surface area contributed by atoms with Crippen molar-refractivity contribution >= 4 is 5.97 Å². The summed E-state index contributed by atoms with van der Waals surface area (Å²) in [4.78, 5) is 16.5. The summed E-state index contributed by atoms with van der Waals surface area (Å²) in [5.41, 5.74) is -0.860. The van der Waals surface area contributed by atoms with E-state index >= 15 is 0 Å². The van der Waals surface area contributed by atoms with Gasteiger partial charge in [0.05, 0.1) is 0 Å². The number of carbonyl (C=O) groups is 1. The summed E-state index contributed by atoms with van der Waals surface area (Å²) in [7, 11) is 2.23. The molecule has 2 aliphatic rings. The maximum atomic E-state index is 11.7. The molecule has 21 heavy (non-hydrogen) atoms. The van der Waals surface area contributed by atoms with Crippen LogP contribution in [-0.4, -0.2) is 71.7 Å². The molecule has 0 radical (unpaired) electrons. The van der Waals surface area contributed by atoms with Crippen molar-refractivity contribution < 1.29 is 9.90 Å². The molecule has 5 heteroatoms. The average Bonchev–Trinajstić information content (AvgIpc) is 2.37. The molecule has 2 aliphatic heterocycles. The lowest BCUT2D eigenvalue weighted by Gasteiger charge is -2.47. The predicted molar refractivity (Wildman–Crippen MR) is 84.5 cm³/mol. The molecular weight excluding hydrogens is 266 g/mol. The fourth-order valence-electron chi connectivity index (χ4n) is 4.13. The molecule has 0 saturated carbocycles. The lowest BCUT2D eigenvalue weighted by atomic mass is 9.83. The summed E-state index contributed by atoms with van der Waals surface area (Å²) in [5.74, 6) is -0.0475. The minimum atomic E-state index is -0.860. The zero-order chi connectivity index (χ0) is 15.6. The summed E-state index contributed by atoms with van der Waals surface area (Å²) < 4.78 is 0. The Labute approximate surface area is 128 Å². The number of aliphatic carboxylic acids is 1. The molecule has 2 rings (SSSR count). The monoisotopic (exact) mass is 297 g/mol. The van der Waals surface area contributed by atoms with E-state index in [4.69, 9.17) is 0 Å². The van der Waals surface area contributed by atoms with Crippen LogP contribution in [0, 0.1) is 5.92 Å². The van der Waals surface area contributed by atoms with Gasteiger partial charge in [0.2, 0.25) is 0 Å². The van der Waals surface area contributed by atoms with Crippen molar-refractivity contribution in [1.82, 2.24) is 15.1 Å². The van der Waals surface area contributed by atoms with Crippen molar-refractivity contribution in [2.75, 3.05) is 33.2 Å². The van der Waals surface area contributed by atoms with E-state index in [1.54, 1.807) is 0 Å². The first kappa shape index (κ1) is 16.7. The molecular formula is C16H31N3O2. The molecule has 2 saturated heterocycles. The molecule has 0 aromatic rings. The first-order valence-electron chi connectivity index (χ1n) is 8.25. The Morgan fingerprint density at radius 1 is 1.38 bits per heavy atom. The van der Waals surface area contributed by atoms with Crippen molar-refractivity contribution in [2.45, 2.75) is 57.7 Å². The Kier molecular flexibility index (Phi) is 5.28. The molecule has 0 spiro atoms. The third-order valence-corrected chi connectivity index (χ3v) is 5.05. The van der Waals surface area contributed by atoms with Crippen molar-refractivity contribution in [3.8, 4) is 0 Å². The number of likely N-dealkylation sites (tertiary alicyclic amines) is 2. The van der Waals surface area contributed by atoms with Gasteiger partial charge in [0, 0.05) is 25.2 Å². The van der Waals surface area contributed by atoms with Gasteiger partial charge in [-0.25, -0.2) is 0 Å². The number of carboxylic acids is 1. The first-order chi connectivity index (χ1) is 9.82. The maximum absolute atomic E-state index is 11.7. The van der Waals surface area contributed by atoms with Gasteiger partial charge in [-0.05, 0) is 66.1 Å². The second kappa shape index (κ2) is 6.63. The Morgan fingerprint density at radius 3 is 2.71 bits per heavy atom. The Morgan fingerprint density at radius 2 is 2.10 bits per heavy atom. The normalized spacial score (nSPS) is 30.9. The van der Waals surface area contributed by atoms with E-state index in [0.29, 0.717) is 18.5 Å². The second-order valence-corrected chi connectivity index (χ2v) is 7.41. The van der Waals surface area contributed by atoms with Crippen LogP contribution in [0.4, 0.5) is 0 Å². The third-order valence-electron chi connectivity index (χ3n) is 5.05. The fraction of sp³-hybridized carbons (Fsp3) is 0.938. The van der Waals surface area contributed by atoms with Crippen LogP contribution in [0.5, 0.6) is 0 Å². The topological polar surface area (TPSA) is 55.8 Å². The largest absolute Gasteiger partial charge is 0.480 e. The van der Waals surface area contributed by atoms with Crippen molar-refractivity contribution in [3.05, 3.63) is 0 Å². The van der Waals surface area contributed by atoms with E-state index < -0.39 is 11.5 Å². The molecule has 3 unspecified atom stereocenters. The van der Waals surface area contributed by atoms with E-state index in [1.165, 1.54) is 25.8 Å². The summed E-state index contributed by atoms with van der Waals surface area (Å²) in [5, 5.41) is 12.8. The van der Waals surface area contributed by atoms with Crippen LogP contribution in [0.2, 0.25) is 0 Å². The van der Waals surface area contributed by atoms with Gasteiger partial charge in [-0.3, -0.25) is 10.1 Å². The summed E-state index contributed by atoms with van der Waals surface area (Å²) in [6.45, 7) is 9.67. The van der Waals surface area contributed by atoms with Crippen LogP contribution in [-0.2, 0) is 4.79 Å². The van der Waals surface area contributed by atoms with Crippen LogP contribution >= 0.6 is 0 Å². The molecule has 2 heterocycles. The van der Waals surface area contributed by atoms with Gasteiger partial charge in [-0.1, -0.05) is 0 Å². The molecule has 122 valence electrons. The lowest BCUT2D eigenvalue weighted by molar-refractivity contribution is -0.145. The predicted octanol–water partition coefficient (Wildman–Crippen LogP) is 1.24. The van der Waals surface area contributed by atoms with E-state index in [2.05, 4.69) is 22.2 Å². The Bertz CT molecular complexity index is 375. The van der Waals surface area contributed by atoms with Gasteiger partial charge in [0.1, 0.15) is 5.54 Å². The van der Waals surface area contributed by atoms with Crippen LogP contribution in [0.25, 0.3) is 0 Å². The summed E-state index contributed by atoms with van der Waals surface area (Å²) in [6, 6.07) is 0.869. The van der Waals surface area contributed by atoms with Crippen molar-refractivity contribution in [1.29, 1.82) is 0 Å². The third kappa shape index (κ3) is 3.96. The number of hydrogen-bond donors (Lipinski definition) is 2. The lowest BCUT2D eigenvalue weighted by Crippen LogP contribution is -2.61. The molecule has 3 atom stereocenters. The number of nitrogens with zero attached hydrogens (tertiary/aromatic N) is 2. The van der Waals surface area contributed by atoms with Gasteiger partial charge in [-0.2, -0.15) is 0 Å². The quantitative estimate of drug-likeness (QED) is 0.800. The van der Waals surface area contributed by atoms with Gasteiger partial charge >= 0.3 is 5.97 Å². The van der Waals surface area contributed by atoms with E-state index in [-0.39, 0.29) is 6.04 Å². The zero-order valence-electron chi connectivity index (χ0n) is 13.9. The highest BCUT2D eigenvalue weighted by Crippen LogP contribution is 2.30. The minimum Gasteiger partial charge on any atom is -0.480 e. The molecule has 0 aliphatic carbocycles. The molecule has 0 aromatic heterocycles. The number of hydrogen-bond acceptors (Lipinski definition) is 4. The first-order valence-corrected chi connectivity index (χ1v) is 8.25. The smallest absolute Gasteiger partial charge is 0.324 e. The Hall–Kier alpha value is -0.650. The van der Waals surface area contributed by atoms with Crippen LogP contribution < -0.4 is 5.32 Å². The van der Waals surface area contributed by atoms with E-state index in [0.717, 1.165) is 13.1 Å². The number of rotatable bonds is 5. The number of nitrogens with one attached hydrogen (secondary N) is 1. The number of fused-ring (bicyclic) bond motifs is 1. The van der Waals surface area contributed by atoms with Gasteiger partial charge in [0.25, 0.3) is 0 Å². The second-order valence-electron chi connectivity index (χ2n) is 7.41. The molecule has 5 nitrogen and oxygen atoms in total. The SMILES string of the molecule is CC(C)NC(C)(CN1CCC2C(CCCN2C)C1)C(=O)O. The Balaban J connectivity index is 1.98. The molecule has 0 aromatic carbocycles. The number of piperidine rings is 2. The highest BCUT2D eigenvalue weighted by Gasteiger charge is 2.40. The minimum absolute atomic E-state index is 0.171. The van der Waals surface area contributed by atoms with Crippen LogP contribution in [0.15, 0.2) is 0 Å². The van der Waals surface area contributed by atoms with Gasteiger partial charge < -0.3 is 14.9 Å². The summed E-state index contributed by atoms with van der Waals surface area (Å²) >= 11 is 0. The zero-order valence-corrected chi connectivity index (χ0v) is 13.9. The van der Waals surface area contributed by atoms with E-state index in [1.807, 2.05) is 20.8 Å². The number of carboxylic acid groups (broad SMARTS) is 1. The van der Waals surface area contributed by atoms with E-state index in [9.17, 15) is 9.90 Å². The van der Waals surface area contributed by atoms with Crippen molar-refractivity contribution in [2.24, 2.45) is 5.92 Å².